The Bertz CT molecular complexity index is 637. The number of carbonyl (C=O) groups is 1. The van der Waals surface area contributed by atoms with Crippen molar-refractivity contribution >= 4 is 5.91 Å². The van der Waals surface area contributed by atoms with E-state index < -0.39 is 17.8 Å². The van der Waals surface area contributed by atoms with Crippen molar-refractivity contribution in [2.24, 2.45) is 0 Å². The Morgan fingerprint density at radius 2 is 2.14 bits per heavy atom. The number of aromatic nitrogens is 3. The van der Waals surface area contributed by atoms with Gasteiger partial charge in [0.05, 0.1) is 7.11 Å². The van der Waals surface area contributed by atoms with Gasteiger partial charge in [-0.15, -0.1) is 0 Å². The molecule has 1 amide bonds. The van der Waals surface area contributed by atoms with Crippen molar-refractivity contribution in [2.75, 3.05) is 7.11 Å². The van der Waals surface area contributed by atoms with E-state index in [1.807, 2.05) is 0 Å². The molecule has 0 bridgehead atoms. The van der Waals surface area contributed by atoms with Gasteiger partial charge in [0, 0.05) is 25.0 Å². The molecule has 0 spiro atoms. The van der Waals surface area contributed by atoms with Crippen molar-refractivity contribution in [1.29, 1.82) is 0 Å². The number of nitrogens with zero attached hydrogens (tertiary/aromatic N) is 3. The minimum atomic E-state index is -4.52. The minimum absolute atomic E-state index is 0.212. The van der Waals surface area contributed by atoms with E-state index in [1.54, 1.807) is 12.1 Å². The number of carbonyl (C=O) groups excluding carboxylic acids is 1. The van der Waals surface area contributed by atoms with E-state index in [-0.39, 0.29) is 13.1 Å². The summed E-state index contributed by atoms with van der Waals surface area (Å²) in [7, 11) is 1.49. The second-order valence-corrected chi connectivity index (χ2v) is 4.38. The normalized spacial score (nSPS) is 11.3. The van der Waals surface area contributed by atoms with Crippen LogP contribution in [0.15, 0.2) is 30.6 Å². The van der Waals surface area contributed by atoms with Gasteiger partial charge in [-0.3, -0.25) is 9.48 Å². The smallest absolute Gasteiger partial charge is 0.435 e. The van der Waals surface area contributed by atoms with Crippen molar-refractivity contribution in [1.82, 2.24) is 20.1 Å². The van der Waals surface area contributed by atoms with Crippen molar-refractivity contribution in [3.63, 3.8) is 0 Å². The Labute approximate surface area is 123 Å². The summed E-state index contributed by atoms with van der Waals surface area (Å²) in [5.74, 6) is -0.000981. The molecule has 2 heterocycles. The highest BCUT2D eigenvalue weighted by Crippen LogP contribution is 2.27. The van der Waals surface area contributed by atoms with Crippen LogP contribution in [0.1, 0.15) is 11.3 Å². The van der Waals surface area contributed by atoms with Crippen LogP contribution in [0, 0.1) is 0 Å². The lowest BCUT2D eigenvalue weighted by Crippen LogP contribution is -2.27. The molecule has 0 fully saturated rings. The quantitative estimate of drug-likeness (QED) is 0.910. The highest BCUT2D eigenvalue weighted by Gasteiger charge is 2.33. The SMILES string of the molecule is COc1ccc(CNC(=O)Cn2ccc(C(F)(F)F)n2)cn1. The lowest BCUT2D eigenvalue weighted by atomic mass is 10.3. The number of amides is 1. The summed E-state index contributed by atoms with van der Waals surface area (Å²) < 4.78 is 43.0. The van der Waals surface area contributed by atoms with E-state index in [0.717, 1.165) is 22.5 Å². The second-order valence-electron chi connectivity index (χ2n) is 4.38. The van der Waals surface area contributed by atoms with Gasteiger partial charge < -0.3 is 10.1 Å². The molecule has 2 aromatic rings. The van der Waals surface area contributed by atoms with Crippen LogP contribution in [0.3, 0.4) is 0 Å². The van der Waals surface area contributed by atoms with Crippen LogP contribution in [0.25, 0.3) is 0 Å². The monoisotopic (exact) mass is 314 g/mol. The average Bonchev–Trinajstić information content (AvgIpc) is 2.94. The van der Waals surface area contributed by atoms with Crippen molar-refractivity contribution in [3.8, 4) is 5.88 Å². The maximum absolute atomic E-state index is 12.4. The fourth-order valence-electron chi connectivity index (χ4n) is 1.64. The zero-order chi connectivity index (χ0) is 16.2. The van der Waals surface area contributed by atoms with Gasteiger partial charge in [0.1, 0.15) is 6.54 Å². The van der Waals surface area contributed by atoms with Gasteiger partial charge in [0.15, 0.2) is 5.69 Å². The van der Waals surface area contributed by atoms with E-state index in [1.165, 1.54) is 13.3 Å². The minimum Gasteiger partial charge on any atom is -0.481 e. The van der Waals surface area contributed by atoms with E-state index in [2.05, 4.69) is 15.4 Å². The molecule has 2 rings (SSSR count). The maximum atomic E-state index is 12.4. The summed E-state index contributed by atoms with van der Waals surface area (Å²) >= 11 is 0. The molecule has 0 unspecified atom stereocenters. The summed E-state index contributed by atoms with van der Waals surface area (Å²) in [5, 5.41) is 5.87. The Hall–Kier alpha value is -2.58. The zero-order valence-corrected chi connectivity index (χ0v) is 11.6. The molecule has 0 aliphatic carbocycles. The predicted molar refractivity (Wildman–Crippen MR) is 69.9 cm³/mol. The summed E-state index contributed by atoms with van der Waals surface area (Å²) in [6, 6.07) is 4.19. The van der Waals surface area contributed by atoms with Gasteiger partial charge in [-0.25, -0.2) is 4.98 Å². The van der Waals surface area contributed by atoms with Gasteiger partial charge in [-0.1, -0.05) is 6.07 Å². The van der Waals surface area contributed by atoms with Crippen LogP contribution in [0.4, 0.5) is 13.2 Å². The van der Waals surface area contributed by atoms with Crippen LogP contribution < -0.4 is 10.1 Å². The first-order chi connectivity index (χ1) is 10.4. The predicted octanol–water partition coefficient (Wildman–Crippen LogP) is 1.62. The molecule has 0 saturated heterocycles. The maximum Gasteiger partial charge on any atom is 0.435 e. The summed E-state index contributed by atoms with van der Waals surface area (Å²) in [6.07, 6.45) is -1.87. The molecule has 0 aliphatic heterocycles. The third kappa shape index (κ3) is 4.21. The van der Waals surface area contributed by atoms with Crippen LogP contribution in [-0.2, 0) is 24.1 Å². The molecule has 9 heteroatoms. The van der Waals surface area contributed by atoms with Gasteiger partial charge >= 0.3 is 6.18 Å². The first-order valence-corrected chi connectivity index (χ1v) is 6.25. The highest BCUT2D eigenvalue weighted by molar-refractivity contribution is 5.75. The van der Waals surface area contributed by atoms with E-state index in [4.69, 9.17) is 4.74 Å². The number of halogens is 3. The second kappa shape index (κ2) is 6.46. The average molecular weight is 314 g/mol. The Balaban J connectivity index is 1.86. The topological polar surface area (TPSA) is 69.0 Å². The molecule has 22 heavy (non-hydrogen) atoms. The number of rotatable bonds is 5. The summed E-state index contributed by atoms with van der Waals surface area (Å²) in [5.41, 5.74) is -0.287. The number of ether oxygens (including phenoxy) is 1. The number of nitrogens with one attached hydrogen (secondary N) is 1. The molecule has 2 aromatic heterocycles. The van der Waals surface area contributed by atoms with Crippen LogP contribution in [0.5, 0.6) is 5.88 Å². The largest absolute Gasteiger partial charge is 0.481 e. The fraction of sp³-hybridized carbons (Fsp3) is 0.308. The van der Waals surface area contributed by atoms with Crippen LogP contribution >= 0.6 is 0 Å². The molecular weight excluding hydrogens is 301 g/mol. The van der Waals surface area contributed by atoms with Crippen molar-refractivity contribution < 1.29 is 22.7 Å². The number of hydrogen-bond donors (Lipinski definition) is 1. The lowest BCUT2D eigenvalue weighted by molar-refractivity contribution is -0.141. The standard InChI is InChI=1S/C13H13F3N4O2/c1-22-12-3-2-9(7-18-12)6-17-11(21)8-20-5-4-10(19-20)13(14,15)16/h2-5,7H,6,8H2,1H3,(H,17,21). The van der Waals surface area contributed by atoms with Gasteiger partial charge in [0.2, 0.25) is 11.8 Å². The van der Waals surface area contributed by atoms with Gasteiger partial charge in [0.25, 0.3) is 0 Å². The molecular formula is C13H13F3N4O2. The van der Waals surface area contributed by atoms with Crippen LogP contribution in [0.2, 0.25) is 0 Å². The number of alkyl halides is 3. The molecule has 118 valence electrons. The summed E-state index contributed by atoms with van der Waals surface area (Å²) in [4.78, 5) is 15.6. The van der Waals surface area contributed by atoms with E-state index >= 15 is 0 Å². The molecule has 0 radical (unpaired) electrons. The van der Waals surface area contributed by atoms with Crippen LogP contribution in [-0.4, -0.2) is 27.8 Å². The highest BCUT2D eigenvalue weighted by atomic mass is 19.4. The van der Waals surface area contributed by atoms with E-state index in [9.17, 15) is 18.0 Å². The molecule has 0 aromatic carbocycles. The third-order valence-corrected chi connectivity index (χ3v) is 2.73. The third-order valence-electron chi connectivity index (χ3n) is 2.73. The Morgan fingerprint density at radius 3 is 2.68 bits per heavy atom. The zero-order valence-electron chi connectivity index (χ0n) is 11.6. The molecule has 0 aliphatic rings. The molecule has 0 atom stereocenters. The van der Waals surface area contributed by atoms with Crippen molar-refractivity contribution in [3.05, 3.63) is 41.9 Å². The lowest BCUT2D eigenvalue weighted by Gasteiger charge is -2.06. The molecule has 0 saturated carbocycles. The number of methoxy groups -OCH3 is 1. The van der Waals surface area contributed by atoms with Gasteiger partial charge in [-0.05, 0) is 11.6 Å². The molecule has 6 nitrogen and oxygen atoms in total. The number of hydrogen-bond acceptors (Lipinski definition) is 4. The Morgan fingerprint density at radius 1 is 1.36 bits per heavy atom. The summed E-state index contributed by atoms with van der Waals surface area (Å²) in [6.45, 7) is -0.0805. The van der Waals surface area contributed by atoms with E-state index in [0.29, 0.717) is 5.88 Å². The first-order valence-electron chi connectivity index (χ1n) is 6.25. The Kier molecular flexibility index (Phi) is 4.64. The van der Waals surface area contributed by atoms with Crippen molar-refractivity contribution in [2.45, 2.75) is 19.3 Å². The van der Waals surface area contributed by atoms with Gasteiger partial charge in [-0.2, -0.15) is 18.3 Å². The fourth-order valence-corrected chi connectivity index (χ4v) is 1.64. The first kappa shape index (κ1) is 15.8. The molecule has 1 N–H and O–H groups in total. The number of pyridine rings is 1.